The summed E-state index contributed by atoms with van der Waals surface area (Å²) < 4.78 is 0. The van der Waals surface area contributed by atoms with Crippen LogP contribution in [0.1, 0.15) is 30.1 Å². The number of H-pyrrole nitrogens is 1. The van der Waals surface area contributed by atoms with Gasteiger partial charge in [-0.15, -0.1) is 0 Å². The molecule has 106 valence electrons. The number of rotatable bonds is 6. The van der Waals surface area contributed by atoms with Gasteiger partial charge in [-0.05, 0) is 36.4 Å². The lowest BCUT2D eigenvalue weighted by Gasteiger charge is -2.07. The highest BCUT2D eigenvalue weighted by Crippen LogP contribution is 2.14. The van der Waals surface area contributed by atoms with E-state index < -0.39 is 5.97 Å². The van der Waals surface area contributed by atoms with Crippen LogP contribution in [0.2, 0.25) is 0 Å². The van der Waals surface area contributed by atoms with Crippen molar-refractivity contribution in [2.45, 2.75) is 19.8 Å². The first-order valence-corrected chi connectivity index (χ1v) is 6.66. The van der Waals surface area contributed by atoms with E-state index in [9.17, 15) is 9.59 Å². The van der Waals surface area contributed by atoms with Gasteiger partial charge in [0, 0.05) is 23.8 Å². The third-order valence-corrected chi connectivity index (χ3v) is 3.34. The summed E-state index contributed by atoms with van der Waals surface area (Å²) in [6.07, 6.45) is 3.05. The maximum absolute atomic E-state index is 11.9. The van der Waals surface area contributed by atoms with Crippen molar-refractivity contribution in [2.24, 2.45) is 5.92 Å². The van der Waals surface area contributed by atoms with Crippen LogP contribution in [-0.2, 0) is 4.79 Å². The van der Waals surface area contributed by atoms with Crippen molar-refractivity contribution in [3.05, 3.63) is 36.0 Å². The zero-order valence-corrected chi connectivity index (χ0v) is 11.3. The molecule has 0 aliphatic rings. The van der Waals surface area contributed by atoms with Gasteiger partial charge in [-0.1, -0.05) is 13.0 Å². The summed E-state index contributed by atoms with van der Waals surface area (Å²) in [6, 6.07) is 7.44. The van der Waals surface area contributed by atoms with Gasteiger partial charge in [0.25, 0.3) is 5.91 Å². The number of carbonyl (C=O) groups is 2. The first kappa shape index (κ1) is 14.1. The molecule has 2 aromatic rings. The van der Waals surface area contributed by atoms with Gasteiger partial charge in [0.15, 0.2) is 0 Å². The summed E-state index contributed by atoms with van der Waals surface area (Å²) in [4.78, 5) is 25.7. The number of amides is 1. The zero-order chi connectivity index (χ0) is 14.5. The molecule has 3 N–H and O–H groups in total. The summed E-state index contributed by atoms with van der Waals surface area (Å²) in [5.41, 5.74) is 1.53. The number of hydrogen-bond donors (Lipinski definition) is 3. The largest absolute Gasteiger partial charge is 0.481 e. The molecule has 20 heavy (non-hydrogen) atoms. The zero-order valence-electron chi connectivity index (χ0n) is 11.3. The van der Waals surface area contributed by atoms with Crippen molar-refractivity contribution in [3.63, 3.8) is 0 Å². The predicted octanol–water partition coefficient (Wildman–Crippen LogP) is 2.40. The van der Waals surface area contributed by atoms with Gasteiger partial charge in [-0.3, -0.25) is 9.59 Å². The first-order valence-electron chi connectivity index (χ1n) is 6.66. The summed E-state index contributed by atoms with van der Waals surface area (Å²) in [6.45, 7) is 2.16. The van der Waals surface area contributed by atoms with Crippen LogP contribution in [0.25, 0.3) is 10.9 Å². The van der Waals surface area contributed by atoms with Crippen LogP contribution >= 0.6 is 0 Å². The molecule has 0 saturated heterocycles. The minimum absolute atomic E-state index is 0.135. The molecule has 0 radical (unpaired) electrons. The number of fused-ring (bicyclic) bond motifs is 1. The van der Waals surface area contributed by atoms with Crippen molar-refractivity contribution in [2.75, 3.05) is 6.54 Å². The van der Waals surface area contributed by atoms with Crippen LogP contribution in [0.5, 0.6) is 0 Å². The number of nitrogens with one attached hydrogen (secondary N) is 2. The number of carbonyl (C=O) groups excluding carboxylic acids is 1. The third-order valence-electron chi connectivity index (χ3n) is 3.34. The van der Waals surface area contributed by atoms with Gasteiger partial charge in [-0.25, -0.2) is 0 Å². The average Bonchev–Trinajstić information content (AvgIpc) is 2.90. The van der Waals surface area contributed by atoms with Crippen molar-refractivity contribution < 1.29 is 14.7 Å². The summed E-state index contributed by atoms with van der Waals surface area (Å²) >= 11 is 0. The van der Waals surface area contributed by atoms with E-state index in [0.717, 1.165) is 10.9 Å². The molecule has 2 rings (SSSR count). The molecular formula is C15H18N2O3. The highest BCUT2D eigenvalue weighted by Gasteiger charge is 2.11. The fourth-order valence-electron chi connectivity index (χ4n) is 2.02. The van der Waals surface area contributed by atoms with Gasteiger partial charge in [0.2, 0.25) is 0 Å². The molecule has 0 bridgehead atoms. The Bertz CT molecular complexity index is 618. The Kier molecular flexibility index (Phi) is 4.40. The standard InChI is InChI=1S/C15H18N2O3/c1-10(15(19)20)3-2-7-17-14(18)12-5-4-11-6-8-16-13(11)9-12/h4-6,8-10,16H,2-3,7H2,1H3,(H,17,18)(H,19,20). The molecule has 0 saturated carbocycles. The van der Waals surface area contributed by atoms with Crippen molar-refractivity contribution >= 4 is 22.8 Å². The highest BCUT2D eigenvalue weighted by atomic mass is 16.4. The summed E-state index contributed by atoms with van der Waals surface area (Å²) in [5, 5.41) is 12.6. The molecule has 0 fully saturated rings. The number of aromatic nitrogens is 1. The fraction of sp³-hybridized carbons (Fsp3) is 0.333. The van der Waals surface area contributed by atoms with E-state index in [1.165, 1.54) is 0 Å². The SMILES string of the molecule is CC(CCCNC(=O)c1ccc2cc[nH]c2c1)C(=O)O. The lowest BCUT2D eigenvalue weighted by molar-refractivity contribution is -0.141. The van der Waals surface area contributed by atoms with Gasteiger partial charge in [0.1, 0.15) is 0 Å². The third kappa shape index (κ3) is 3.38. The number of carboxylic acids is 1. The maximum atomic E-state index is 11.9. The fourth-order valence-corrected chi connectivity index (χ4v) is 2.02. The minimum atomic E-state index is -0.798. The summed E-state index contributed by atoms with van der Waals surface area (Å²) in [7, 11) is 0. The lowest BCUT2D eigenvalue weighted by Crippen LogP contribution is -2.25. The average molecular weight is 274 g/mol. The van der Waals surface area contributed by atoms with Gasteiger partial charge < -0.3 is 15.4 Å². The number of benzene rings is 1. The topological polar surface area (TPSA) is 82.2 Å². The monoisotopic (exact) mass is 274 g/mol. The molecule has 1 amide bonds. The van der Waals surface area contributed by atoms with Crippen LogP contribution < -0.4 is 5.32 Å². The van der Waals surface area contributed by atoms with Crippen LogP contribution in [0, 0.1) is 5.92 Å². The normalized spacial score (nSPS) is 12.2. The number of aliphatic carboxylic acids is 1. The Hall–Kier alpha value is -2.30. The van der Waals surface area contributed by atoms with E-state index in [2.05, 4.69) is 10.3 Å². The van der Waals surface area contributed by atoms with Crippen LogP contribution in [0.4, 0.5) is 0 Å². The molecule has 0 spiro atoms. The second-order valence-corrected chi connectivity index (χ2v) is 4.92. The second-order valence-electron chi connectivity index (χ2n) is 4.92. The molecule has 5 heteroatoms. The molecule has 1 aromatic heterocycles. The van der Waals surface area contributed by atoms with Gasteiger partial charge >= 0.3 is 5.97 Å². The number of aromatic amines is 1. The Labute approximate surface area is 117 Å². The quantitative estimate of drug-likeness (QED) is 0.707. The highest BCUT2D eigenvalue weighted by molar-refractivity contribution is 5.97. The number of hydrogen-bond acceptors (Lipinski definition) is 2. The molecule has 5 nitrogen and oxygen atoms in total. The Morgan fingerprint density at radius 1 is 1.35 bits per heavy atom. The Morgan fingerprint density at radius 3 is 2.90 bits per heavy atom. The second kappa shape index (κ2) is 6.23. The van der Waals surface area contributed by atoms with Crippen molar-refractivity contribution in [3.8, 4) is 0 Å². The Morgan fingerprint density at radius 2 is 2.15 bits per heavy atom. The van der Waals surface area contributed by atoms with Gasteiger partial charge in [-0.2, -0.15) is 0 Å². The molecule has 0 aliphatic heterocycles. The van der Waals surface area contributed by atoms with E-state index in [4.69, 9.17) is 5.11 Å². The summed E-state index contributed by atoms with van der Waals surface area (Å²) in [5.74, 6) is -1.31. The number of carboxylic acid groups (broad SMARTS) is 1. The van der Waals surface area contributed by atoms with Crippen molar-refractivity contribution in [1.82, 2.24) is 10.3 Å². The molecule has 0 aliphatic carbocycles. The van der Waals surface area contributed by atoms with E-state index in [-0.39, 0.29) is 11.8 Å². The lowest BCUT2D eigenvalue weighted by atomic mass is 10.1. The van der Waals surface area contributed by atoms with Crippen LogP contribution in [-0.4, -0.2) is 28.5 Å². The van der Waals surface area contributed by atoms with E-state index in [1.807, 2.05) is 24.4 Å². The van der Waals surface area contributed by atoms with E-state index in [0.29, 0.717) is 24.9 Å². The predicted molar refractivity (Wildman–Crippen MR) is 76.7 cm³/mol. The van der Waals surface area contributed by atoms with Crippen LogP contribution in [0.15, 0.2) is 30.5 Å². The Balaban J connectivity index is 1.84. The molecule has 1 atom stereocenters. The first-order chi connectivity index (χ1) is 9.58. The smallest absolute Gasteiger partial charge is 0.306 e. The molecule has 1 heterocycles. The van der Waals surface area contributed by atoms with Gasteiger partial charge in [0.05, 0.1) is 5.92 Å². The van der Waals surface area contributed by atoms with Crippen LogP contribution in [0.3, 0.4) is 0 Å². The molecule has 1 aromatic carbocycles. The maximum Gasteiger partial charge on any atom is 0.306 e. The van der Waals surface area contributed by atoms with E-state index in [1.54, 1.807) is 13.0 Å². The van der Waals surface area contributed by atoms with E-state index >= 15 is 0 Å². The molecule has 1 unspecified atom stereocenters. The molecular weight excluding hydrogens is 256 g/mol. The van der Waals surface area contributed by atoms with Crippen molar-refractivity contribution in [1.29, 1.82) is 0 Å². The minimum Gasteiger partial charge on any atom is -0.481 e.